The van der Waals surface area contributed by atoms with E-state index in [1.165, 1.54) is 0 Å². The number of rotatable bonds is 6. The minimum Gasteiger partial charge on any atom is -0.339 e. The second-order valence-corrected chi connectivity index (χ2v) is 6.80. The Balaban J connectivity index is 1.98. The van der Waals surface area contributed by atoms with Crippen molar-refractivity contribution >= 4 is 17.6 Å². The van der Waals surface area contributed by atoms with Gasteiger partial charge in [-0.05, 0) is 63.1 Å². The summed E-state index contributed by atoms with van der Waals surface area (Å²) in [6.45, 7) is 10.2. The highest BCUT2D eigenvalue weighted by Crippen LogP contribution is 2.37. The van der Waals surface area contributed by atoms with Crippen LogP contribution in [-0.2, 0) is 0 Å². The molecule has 3 rings (SSSR count). The topological polar surface area (TPSA) is 57.7 Å². The van der Waals surface area contributed by atoms with Gasteiger partial charge in [-0.3, -0.25) is 14.4 Å². The van der Waals surface area contributed by atoms with Crippen LogP contribution in [0.1, 0.15) is 64.3 Å². The van der Waals surface area contributed by atoms with E-state index in [0.29, 0.717) is 48.4 Å². The summed E-state index contributed by atoms with van der Waals surface area (Å²) in [7, 11) is 0. The fourth-order valence-electron chi connectivity index (χ4n) is 3.73. The Morgan fingerprint density at radius 1 is 0.643 bits per heavy atom. The molecule has 0 fully saturated rings. The molecule has 0 atom stereocenters. The molecule has 0 radical (unpaired) electrons. The number of hydrogen-bond donors (Lipinski definition) is 0. The zero-order chi connectivity index (χ0) is 20.4. The van der Waals surface area contributed by atoms with Crippen molar-refractivity contribution in [2.45, 2.75) is 27.7 Å². The van der Waals surface area contributed by atoms with Gasteiger partial charge in [0.05, 0.1) is 0 Å². The van der Waals surface area contributed by atoms with Gasteiger partial charge < -0.3 is 9.80 Å². The van der Waals surface area contributed by atoms with Crippen molar-refractivity contribution in [3.05, 3.63) is 58.7 Å². The van der Waals surface area contributed by atoms with Gasteiger partial charge in [-0.1, -0.05) is 12.1 Å². The van der Waals surface area contributed by atoms with Crippen molar-refractivity contribution in [2.24, 2.45) is 0 Å². The minimum atomic E-state index is -0.131. The number of amides is 2. The maximum atomic E-state index is 13.0. The molecular formula is C23H26N2O3. The van der Waals surface area contributed by atoms with Crippen molar-refractivity contribution in [2.75, 3.05) is 26.2 Å². The van der Waals surface area contributed by atoms with Crippen LogP contribution in [0.15, 0.2) is 36.4 Å². The van der Waals surface area contributed by atoms with E-state index in [1.807, 2.05) is 39.8 Å². The molecule has 2 aromatic carbocycles. The van der Waals surface area contributed by atoms with E-state index in [-0.39, 0.29) is 17.6 Å². The van der Waals surface area contributed by atoms with Crippen LogP contribution >= 0.6 is 0 Å². The Morgan fingerprint density at radius 2 is 1.00 bits per heavy atom. The van der Waals surface area contributed by atoms with E-state index in [0.717, 1.165) is 11.1 Å². The second kappa shape index (κ2) is 7.97. The summed E-state index contributed by atoms with van der Waals surface area (Å²) < 4.78 is 0. The summed E-state index contributed by atoms with van der Waals surface area (Å²) in [6, 6.07) is 10.6. The lowest BCUT2D eigenvalue weighted by atomic mass is 10.0. The molecule has 0 heterocycles. The highest BCUT2D eigenvalue weighted by molar-refractivity contribution is 6.23. The summed E-state index contributed by atoms with van der Waals surface area (Å²) in [5.74, 6) is -0.281. The molecule has 28 heavy (non-hydrogen) atoms. The van der Waals surface area contributed by atoms with Gasteiger partial charge in [0.15, 0.2) is 5.78 Å². The maximum absolute atomic E-state index is 13.0. The SMILES string of the molecule is CCN(CC)C(=O)c1ccc2c(c1)C(=O)c1cc(C(=O)N(CC)CC)ccc1-2. The molecule has 0 N–H and O–H groups in total. The normalized spacial score (nSPS) is 11.8. The molecule has 2 aromatic rings. The number of carbonyl (C=O) groups is 3. The Labute approximate surface area is 166 Å². The smallest absolute Gasteiger partial charge is 0.253 e. The zero-order valence-electron chi connectivity index (χ0n) is 16.9. The van der Waals surface area contributed by atoms with Gasteiger partial charge in [0.2, 0.25) is 0 Å². The Hall–Kier alpha value is -2.95. The third-order valence-corrected chi connectivity index (χ3v) is 5.41. The van der Waals surface area contributed by atoms with Crippen molar-refractivity contribution in [3.8, 4) is 11.1 Å². The lowest BCUT2D eigenvalue weighted by molar-refractivity contribution is 0.0765. The molecule has 0 saturated carbocycles. The average molecular weight is 378 g/mol. The van der Waals surface area contributed by atoms with Gasteiger partial charge in [-0.15, -0.1) is 0 Å². The number of nitrogens with zero attached hydrogens (tertiary/aromatic N) is 2. The number of benzene rings is 2. The number of ketones is 1. The molecule has 0 unspecified atom stereocenters. The summed E-state index contributed by atoms with van der Waals surface area (Å²) in [6.07, 6.45) is 0. The van der Waals surface area contributed by atoms with E-state index in [9.17, 15) is 14.4 Å². The quantitative estimate of drug-likeness (QED) is 0.654. The molecule has 1 aliphatic carbocycles. The predicted molar refractivity (Wildman–Crippen MR) is 110 cm³/mol. The first kappa shape index (κ1) is 19.8. The Kier molecular flexibility index (Phi) is 5.63. The average Bonchev–Trinajstić information content (AvgIpc) is 3.01. The first-order valence-corrected chi connectivity index (χ1v) is 9.88. The van der Waals surface area contributed by atoms with Gasteiger partial charge >= 0.3 is 0 Å². The molecule has 2 amide bonds. The summed E-state index contributed by atoms with van der Waals surface area (Å²) >= 11 is 0. The van der Waals surface area contributed by atoms with Gasteiger partial charge in [-0.25, -0.2) is 0 Å². The van der Waals surface area contributed by atoms with E-state index < -0.39 is 0 Å². The maximum Gasteiger partial charge on any atom is 0.253 e. The van der Waals surface area contributed by atoms with E-state index in [1.54, 1.807) is 34.1 Å². The summed E-state index contributed by atoms with van der Waals surface area (Å²) in [4.78, 5) is 41.7. The van der Waals surface area contributed by atoms with Crippen LogP contribution in [-0.4, -0.2) is 53.6 Å². The van der Waals surface area contributed by atoms with Gasteiger partial charge in [0, 0.05) is 48.4 Å². The fraction of sp³-hybridized carbons (Fsp3) is 0.348. The fourth-order valence-corrected chi connectivity index (χ4v) is 3.73. The van der Waals surface area contributed by atoms with Gasteiger partial charge in [0.25, 0.3) is 11.8 Å². The van der Waals surface area contributed by atoms with Crippen molar-refractivity contribution < 1.29 is 14.4 Å². The number of carbonyl (C=O) groups excluding carboxylic acids is 3. The highest BCUT2D eigenvalue weighted by Gasteiger charge is 2.29. The first-order valence-electron chi connectivity index (χ1n) is 9.88. The molecule has 0 bridgehead atoms. The lowest BCUT2D eigenvalue weighted by Crippen LogP contribution is -2.30. The van der Waals surface area contributed by atoms with Crippen LogP contribution in [0, 0.1) is 0 Å². The van der Waals surface area contributed by atoms with Crippen LogP contribution in [0.5, 0.6) is 0 Å². The number of hydrogen-bond acceptors (Lipinski definition) is 3. The van der Waals surface area contributed by atoms with E-state index >= 15 is 0 Å². The van der Waals surface area contributed by atoms with Crippen LogP contribution < -0.4 is 0 Å². The molecule has 0 saturated heterocycles. The van der Waals surface area contributed by atoms with Crippen LogP contribution in [0.25, 0.3) is 11.1 Å². The third kappa shape index (κ3) is 3.21. The van der Waals surface area contributed by atoms with E-state index in [4.69, 9.17) is 0 Å². The molecule has 0 spiro atoms. The highest BCUT2D eigenvalue weighted by atomic mass is 16.2. The van der Waals surface area contributed by atoms with Crippen molar-refractivity contribution in [1.29, 1.82) is 0 Å². The molecule has 0 aromatic heterocycles. The summed E-state index contributed by atoms with van der Waals surface area (Å²) in [5, 5.41) is 0. The van der Waals surface area contributed by atoms with Crippen LogP contribution in [0.4, 0.5) is 0 Å². The third-order valence-electron chi connectivity index (χ3n) is 5.41. The Bertz CT molecular complexity index is 865. The second-order valence-electron chi connectivity index (χ2n) is 6.80. The van der Waals surface area contributed by atoms with Gasteiger partial charge in [-0.2, -0.15) is 0 Å². The Morgan fingerprint density at radius 3 is 1.32 bits per heavy atom. The summed E-state index contributed by atoms with van der Waals surface area (Å²) in [5.41, 5.74) is 3.72. The lowest BCUT2D eigenvalue weighted by Gasteiger charge is -2.19. The monoisotopic (exact) mass is 378 g/mol. The molecule has 0 aliphatic heterocycles. The van der Waals surface area contributed by atoms with Crippen LogP contribution in [0.3, 0.4) is 0 Å². The molecule has 5 heteroatoms. The zero-order valence-corrected chi connectivity index (χ0v) is 16.9. The molecule has 1 aliphatic rings. The van der Waals surface area contributed by atoms with Crippen LogP contribution in [0.2, 0.25) is 0 Å². The number of fused-ring (bicyclic) bond motifs is 3. The van der Waals surface area contributed by atoms with Gasteiger partial charge in [0.1, 0.15) is 0 Å². The van der Waals surface area contributed by atoms with Crippen molar-refractivity contribution in [1.82, 2.24) is 9.80 Å². The molecule has 5 nitrogen and oxygen atoms in total. The molecular weight excluding hydrogens is 352 g/mol. The minimum absolute atomic E-state index is 0.0750. The first-order chi connectivity index (χ1) is 13.5. The molecule has 146 valence electrons. The standard InChI is InChI=1S/C23H26N2O3/c1-5-24(6-2)22(27)15-9-11-17-18-12-10-16(23(28)25(7-3)8-4)14-20(18)21(26)19(17)13-15/h9-14H,5-8H2,1-4H3. The predicted octanol–water partition coefficient (Wildman–Crippen LogP) is 3.86. The largest absolute Gasteiger partial charge is 0.339 e. The van der Waals surface area contributed by atoms with E-state index in [2.05, 4.69) is 0 Å². The van der Waals surface area contributed by atoms with Crippen molar-refractivity contribution in [3.63, 3.8) is 0 Å².